The van der Waals surface area contributed by atoms with Gasteiger partial charge in [-0.2, -0.15) is 0 Å². The second kappa shape index (κ2) is 8.67. The fraction of sp³-hybridized carbons (Fsp3) is 1.00. The van der Waals surface area contributed by atoms with E-state index in [1.165, 1.54) is 15.3 Å². The fourth-order valence-electron chi connectivity index (χ4n) is 1.27. The Bertz CT molecular complexity index is 151. The molecule has 0 aromatic rings. The average Bonchev–Trinajstić information content (AvgIpc) is 2.14. The molecule has 0 aliphatic rings. The zero-order chi connectivity index (χ0) is 11.0. The van der Waals surface area contributed by atoms with Gasteiger partial charge in [0.15, 0.2) is 0 Å². The van der Waals surface area contributed by atoms with E-state index in [9.17, 15) is 0 Å². The van der Waals surface area contributed by atoms with Crippen LogP contribution in [-0.2, 0) is 3.07 Å². The summed E-state index contributed by atoms with van der Waals surface area (Å²) < 4.78 is 8.32. The molecule has 2 unspecified atom stereocenters. The predicted octanol–water partition coefficient (Wildman–Crippen LogP) is 2.92. The summed E-state index contributed by atoms with van der Waals surface area (Å²) in [4.78, 5) is 0. The molecule has 2 atom stereocenters. The molecule has 0 bridgehead atoms. The Hall–Kier alpha value is 1.55. The van der Waals surface area contributed by atoms with Crippen LogP contribution in [0.3, 0.4) is 0 Å². The molecule has 0 rings (SSSR count). The van der Waals surface area contributed by atoms with Crippen LogP contribution in [0.1, 0.15) is 26.7 Å². The van der Waals surface area contributed by atoms with E-state index < -0.39 is 16.6 Å². The van der Waals surface area contributed by atoms with Crippen molar-refractivity contribution in [2.24, 2.45) is 5.73 Å². The molecule has 0 amide bonds. The molecule has 14 heavy (non-hydrogen) atoms. The maximum absolute atomic E-state index is 5.92. The van der Waals surface area contributed by atoms with Crippen LogP contribution in [-0.4, -0.2) is 35.0 Å². The summed E-state index contributed by atoms with van der Waals surface area (Å²) in [5.74, 6) is 0.817. The first-order valence-corrected chi connectivity index (χ1v) is 17.5. The summed E-state index contributed by atoms with van der Waals surface area (Å²) >= 11 is 5.67. The monoisotopic (exact) mass is 391 g/mol. The first-order valence-electron chi connectivity index (χ1n) is 5.23. The van der Waals surface area contributed by atoms with Crippen LogP contribution >= 0.6 is 25.3 Å². The van der Waals surface area contributed by atoms with E-state index in [2.05, 4.69) is 39.2 Å². The standard InChI is InChI=1S/C5H12N.C2H5OS.C2H5.BrH.Sn/c1-3-4-5(2)6;3-1-2-4;1-2;;/h5H,1,3-4,6H2,2H3;4H,1-2H2;1H2,2H3;1H;/q;-1;;;+2/p-1. The van der Waals surface area contributed by atoms with Gasteiger partial charge in [-0.05, 0) is 0 Å². The van der Waals surface area contributed by atoms with E-state index in [0.29, 0.717) is 6.04 Å². The first-order chi connectivity index (χ1) is 6.54. The SMILES string of the molecule is C[CH2][Sn]([Br])([CH2]CCC(C)N)[O]CCS. The first kappa shape index (κ1) is 15.5. The zero-order valence-electron chi connectivity index (χ0n) is 9.13. The Kier molecular flexibility index (Phi) is 9.63. The van der Waals surface area contributed by atoms with E-state index >= 15 is 0 Å². The van der Waals surface area contributed by atoms with Gasteiger partial charge in [0, 0.05) is 0 Å². The summed E-state index contributed by atoms with van der Waals surface area (Å²) in [5, 5.41) is 0. The molecule has 0 aliphatic carbocycles. The normalized spacial score (nSPS) is 17.8. The van der Waals surface area contributed by atoms with Crippen LogP contribution in [0.5, 0.6) is 0 Å². The van der Waals surface area contributed by atoms with Gasteiger partial charge in [0.05, 0.1) is 0 Å². The topological polar surface area (TPSA) is 35.2 Å². The molecule has 0 saturated carbocycles. The molecule has 2 nitrogen and oxygen atoms in total. The Balaban J connectivity index is 3.74. The van der Waals surface area contributed by atoms with Gasteiger partial charge in [-0.15, -0.1) is 0 Å². The minimum absolute atomic E-state index is 0.319. The van der Waals surface area contributed by atoms with Crippen LogP contribution < -0.4 is 5.73 Å². The fourth-order valence-corrected chi connectivity index (χ4v) is 10.2. The number of hydrogen-bond acceptors (Lipinski definition) is 3. The Morgan fingerprint density at radius 3 is 2.64 bits per heavy atom. The van der Waals surface area contributed by atoms with Gasteiger partial charge >= 0.3 is 105 Å². The third-order valence-corrected chi connectivity index (χ3v) is 18.5. The van der Waals surface area contributed by atoms with Crippen molar-refractivity contribution in [3.05, 3.63) is 0 Å². The van der Waals surface area contributed by atoms with E-state index in [1.54, 1.807) is 0 Å². The molecule has 0 aromatic carbocycles. The maximum atomic E-state index is 5.92. The van der Waals surface area contributed by atoms with Gasteiger partial charge in [-0.3, -0.25) is 0 Å². The Labute approximate surface area is 104 Å². The van der Waals surface area contributed by atoms with Gasteiger partial charge in [0.1, 0.15) is 0 Å². The number of rotatable bonds is 8. The quantitative estimate of drug-likeness (QED) is 0.493. The van der Waals surface area contributed by atoms with E-state index in [-0.39, 0.29) is 0 Å². The van der Waals surface area contributed by atoms with E-state index in [1.807, 2.05) is 0 Å². The molecule has 86 valence electrons. The molecule has 0 spiro atoms. The molecule has 0 aliphatic heterocycles. The van der Waals surface area contributed by atoms with Crippen molar-refractivity contribution < 1.29 is 3.07 Å². The van der Waals surface area contributed by atoms with Crippen LogP contribution in [0.2, 0.25) is 8.87 Å². The van der Waals surface area contributed by atoms with Gasteiger partial charge in [0.2, 0.25) is 0 Å². The second-order valence-corrected chi connectivity index (χ2v) is 23.1. The summed E-state index contributed by atoms with van der Waals surface area (Å²) in [6, 6.07) is 0.319. The van der Waals surface area contributed by atoms with E-state index in [4.69, 9.17) is 8.81 Å². The van der Waals surface area contributed by atoms with Crippen LogP contribution in [0.4, 0.5) is 0 Å². The summed E-state index contributed by atoms with van der Waals surface area (Å²) in [6.45, 7) is 5.07. The minimum atomic E-state index is -2.34. The molecule has 0 heterocycles. The summed E-state index contributed by atoms with van der Waals surface area (Å²) in [6.07, 6.45) is 2.30. The van der Waals surface area contributed by atoms with Crippen LogP contribution in [0.15, 0.2) is 0 Å². The molecule has 5 heteroatoms. The zero-order valence-corrected chi connectivity index (χ0v) is 14.5. The average molecular weight is 391 g/mol. The van der Waals surface area contributed by atoms with Gasteiger partial charge in [0.25, 0.3) is 0 Å². The third-order valence-electron chi connectivity index (χ3n) is 2.19. The number of hydrogen-bond donors (Lipinski definition) is 2. The Morgan fingerprint density at radius 1 is 1.57 bits per heavy atom. The Morgan fingerprint density at radius 2 is 2.21 bits per heavy atom. The van der Waals surface area contributed by atoms with Gasteiger partial charge in [-0.1, -0.05) is 0 Å². The van der Waals surface area contributed by atoms with Crippen molar-refractivity contribution in [1.29, 1.82) is 0 Å². The second-order valence-electron chi connectivity index (χ2n) is 3.68. The molecular formula is C9H22BrNOSSn. The van der Waals surface area contributed by atoms with Crippen molar-refractivity contribution in [1.82, 2.24) is 0 Å². The summed E-state index contributed by atoms with van der Waals surface area (Å²) in [7, 11) is 0. The summed E-state index contributed by atoms with van der Waals surface area (Å²) in [5.41, 5.74) is 5.72. The third kappa shape index (κ3) is 7.79. The van der Waals surface area contributed by atoms with Crippen LogP contribution in [0.25, 0.3) is 0 Å². The number of thiol groups is 1. The van der Waals surface area contributed by atoms with Gasteiger partial charge < -0.3 is 0 Å². The molecule has 0 fully saturated rings. The van der Waals surface area contributed by atoms with Crippen molar-refractivity contribution >= 4 is 41.9 Å². The van der Waals surface area contributed by atoms with Crippen LogP contribution in [0, 0.1) is 0 Å². The molecule has 2 N–H and O–H groups in total. The van der Waals surface area contributed by atoms with Crippen molar-refractivity contribution in [3.8, 4) is 0 Å². The van der Waals surface area contributed by atoms with Crippen molar-refractivity contribution in [3.63, 3.8) is 0 Å². The molecular weight excluding hydrogens is 369 g/mol. The number of nitrogens with two attached hydrogens (primary N) is 1. The van der Waals surface area contributed by atoms with Gasteiger partial charge in [-0.25, -0.2) is 0 Å². The van der Waals surface area contributed by atoms with E-state index in [0.717, 1.165) is 18.8 Å². The van der Waals surface area contributed by atoms with Crippen molar-refractivity contribution in [2.75, 3.05) is 12.4 Å². The molecule has 0 saturated heterocycles. The predicted molar refractivity (Wildman–Crippen MR) is 72.7 cm³/mol. The number of halogens is 1. The van der Waals surface area contributed by atoms with Crippen molar-refractivity contribution in [2.45, 2.75) is 41.6 Å². The molecule has 0 radical (unpaired) electrons. The molecule has 0 aromatic heterocycles.